The third-order valence-electron chi connectivity index (χ3n) is 4.79. The van der Waals surface area contributed by atoms with Crippen LogP contribution < -0.4 is 5.32 Å². The fraction of sp³-hybridized carbons (Fsp3) is 0.136. The third kappa shape index (κ3) is 2.80. The normalized spacial score (nSPS) is 14.7. The summed E-state index contributed by atoms with van der Waals surface area (Å²) in [5, 5.41) is 4.55. The lowest BCUT2D eigenvalue weighted by Gasteiger charge is -2.23. The van der Waals surface area contributed by atoms with Crippen molar-refractivity contribution in [2.45, 2.75) is 19.3 Å². The number of halogens is 2. The van der Waals surface area contributed by atoms with E-state index in [9.17, 15) is 0 Å². The van der Waals surface area contributed by atoms with Gasteiger partial charge in [0.25, 0.3) is 0 Å². The molecule has 26 heavy (non-hydrogen) atoms. The van der Waals surface area contributed by atoms with Gasteiger partial charge in [-0.2, -0.15) is 0 Å². The summed E-state index contributed by atoms with van der Waals surface area (Å²) in [5.41, 5.74) is 5.74. The Bertz CT molecular complexity index is 988. The minimum absolute atomic E-state index is 0.182. The van der Waals surface area contributed by atoms with Gasteiger partial charge in [-0.15, -0.1) is 0 Å². The number of nitrogens with zero attached hydrogens (tertiary/aromatic N) is 1. The molecule has 0 amide bonds. The van der Waals surface area contributed by atoms with Crippen LogP contribution in [-0.2, 0) is 5.41 Å². The topological polar surface area (TPSA) is 24.4 Å². The third-order valence-corrected chi connectivity index (χ3v) is 5.42. The Kier molecular flexibility index (Phi) is 4.26. The van der Waals surface area contributed by atoms with Gasteiger partial charge in [0.05, 0.1) is 32.8 Å². The molecule has 0 atom stereocenters. The second-order valence-corrected chi connectivity index (χ2v) is 7.69. The van der Waals surface area contributed by atoms with Crippen LogP contribution in [0.15, 0.2) is 71.7 Å². The standard InChI is InChI=1S/C22H18Cl2N2/c1-22(2)15-10-6-13-18(25-20-16(23)11-7-12-17(20)24)19(15)26-21(22)14-8-4-3-5-9-14/h3-13,25H,1-2H3. The van der Waals surface area contributed by atoms with Crippen molar-refractivity contribution in [2.75, 3.05) is 5.32 Å². The molecule has 2 nitrogen and oxygen atoms in total. The SMILES string of the molecule is CC1(C)C(c2ccccc2)=Nc2c(Nc3c(Cl)cccc3Cl)cccc21. The number of hydrogen-bond donors (Lipinski definition) is 1. The lowest BCUT2D eigenvalue weighted by atomic mass is 9.79. The maximum atomic E-state index is 6.33. The van der Waals surface area contributed by atoms with Gasteiger partial charge in [-0.25, -0.2) is 4.99 Å². The number of benzene rings is 3. The highest BCUT2D eigenvalue weighted by atomic mass is 35.5. The Hall–Kier alpha value is -2.29. The number of fused-ring (bicyclic) bond motifs is 1. The highest BCUT2D eigenvalue weighted by molar-refractivity contribution is 6.39. The van der Waals surface area contributed by atoms with Crippen molar-refractivity contribution in [3.63, 3.8) is 0 Å². The Morgan fingerprint density at radius 1 is 0.808 bits per heavy atom. The zero-order chi connectivity index (χ0) is 18.3. The zero-order valence-corrected chi connectivity index (χ0v) is 16.1. The van der Waals surface area contributed by atoms with Crippen LogP contribution in [0.5, 0.6) is 0 Å². The van der Waals surface area contributed by atoms with Gasteiger partial charge in [0.1, 0.15) is 0 Å². The first-order chi connectivity index (χ1) is 12.5. The molecule has 0 bridgehead atoms. The number of aliphatic imine (C=N–C) groups is 1. The Morgan fingerprint density at radius 3 is 2.15 bits per heavy atom. The Balaban J connectivity index is 1.83. The zero-order valence-electron chi connectivity index (χ0n) is 14.6. The van der Waals surface area contributed by atoms with E-state index in [1.807, 2.05) is 48.5 Å². The van der Waals surface area contributed by atoms with Crippen LogP contribution in [0.3, 0.4) is 0 Å². The highest BCUT2D eigenvalue weighted by Crippen LogP contribution is 2.47. The van der Waals surface area contributed by atoms with Crippen LogP contribution >= 0.6 is 23.2 Å². The minimum atomic E-state index is -0.182. The van der Waals surface area contributed by atoms with Gasteiger partial charge in [0.2, 0.25) is 0 Å². The molecular weight excluding hydrogens is 363 g/mol. The summed E-state index contributed by atoms with van der Waals surface area (Å²) in [6.45, 7) is 4.41. The molecule has 1 aliphatic heterocycles. The van der Waals surface area contributed by atoms with Crippen LogP contribution in [0.4, 0.5) is 17.1 Å². The van der Waals surface area contributed by atoms with E-state index in [0.29, 0.717) is 15.7 Å². The molecule has 0 unspecified atom stereocenters. The molecular formula is C22H18Cl2N2. The van der Waals surface area contributed by atoms with Crippen molar-refractivity contribution < 1.29 is 0 Å². The average Bonchev–Trinajstić information content (AvgIpc) is 2.91. The number of hydrogen-bond acceptors (Lipinski definition) is 2. The molecule has 0 saturated carbocycles. The second-order valence-electron chi connectivity index (χ2n) is 6.87. The molecule has 0 radical (unpaired) electrons. The molecule has 0 aliphatic carbocycles. The summed E-state index contributed by atoms with van der Waals surface area (Å²) < 4.78 is 0. The van der Waals surface area contributed by atoms with Crippen molar-refractivity contribution in [3.05, 3.63) is 87.9 Å². The highest BCUT2D eigenvalue weighted by Gasteiger charge is 2.36. The monoisotopic (exact) mass is 380 g/mol. The number of nitrogens with one attached hydrogen (secondary N) is 1. The molecule has 1 N–H and O–H groups in total. The molecule has 1 aliphatic rings. The molecule has 1 heterocycles. The van der Waals surface area contributed by atoms with Gasteiger partial charge in [-0.1, -0.05) is 85.6 Å². The predicted octanol–water partition coefficient (Wildman–Crippen LogP) is 7.15. The van der Waals surface area contributed by atoms with E-state index >= 15 is 0 Å². The van der Waals surface area contributed by atoms with Gasteiger partial charge in [-0.05, 0) is 29.3 Å². The number of anilines is 2. The second kappa shape index (κ2) is 6.46. The van der Waals surface area contributed by atoms with E-state index < -0.39 is 0 Å². The van der Waals surface area contributed by atoms with Crippen LogP contribution in [-0.4, -0.2) is 5.71 Å². The minimum Gasteiger partial charge on any atom is -0.351 e. The summed E-state index contributed by atoms with van der Waals surface area (Å²) in [5.74, 6) is 0. The lowest BCUT2D eigenvalue weighted by molar-refractivity contribution is 0.738. The van der Waals surface area contributed by atoms with Gasteiger partial charge in [-0.3, -0.25) is 0 Å². The Labute approximate surface area is 163 Å². The van der Waals surface area contributed by atoms with E-state index in [4.69, 9.17) is 28.2 Å². The maximum absolute atomic E-state index is 6.33. The number of rotatable bonds is 3. The predicted molar refractivity (Wildman–Crippen MR) is 112 cm³/mol. The van der Waals surface area contributed by atoms with Crippen LogP contribution in [0.25, 0.3) is 0 Å². The van der Waals surface area contributed by atoms with E-state index in [-0.39, 0.29) is 5.41 Å². The molecule has 4 heteroatoms. The fourth-order valence-corrected chi connectivity index (χ4v) is 3.91. The molecule has 130 valence electrons. The van der Waals surface area contributed by atoms with Crippen molar-refractivity contribution in [1.82, 2.24) is 0 Å². The van der Waals surface area contributed by atoms with E-state index in [1.165, 1.54) is 5.56 Å². The van der Waals surface area contributed by atoms with Gasteiger partial charge < -0.3 is 5.32 Å². The average molecular weight is 381 g/mol. The first-order valence-corrected chi connectivity index (χ1v) is 9.23. The summed E-state index contributed by atoms with van der Waals surface area (Å²) >= 11 is 12.7. The van der Waals surface area contributed by atoms with Crippen molar-refractivity contribution in [1.29, 1.82) is 0 Å². The molecule has 0 fully saturated rings. The fourth-order valence-electron chi connectivity index (χ4n) is 3.42. The largest absolute Gasteiger partial charge is 0.351 e. The van der Waals surface area contributed by atoms with Crippen molar-refractivity contribution in [3.8, 4) is 0 Å². The van der Waals surface area contributed by atoms with Gasteiger partial charge in [0, 0.05) is 5.41 Å². The summed E-state index contributed by atoms with van der Waals surface area (Å²) in [6, 6.07) is 22.0. The molecule has 0 saturated heterocycles. The molecule has 0 aromatic heterocycles. The molecule has 4 rings (SSSR count). The number of para-hydroxylation sites is 2. The van der Waals surface area contributed by atoms with Crippen molar-refractivity contribution >= 4 is 46.0 Å². The Morgan fingerprint density at radius 2 is 1.46 bits per heavy atom. The quantitative estimate of drug-likeness (QED) is 0.512. The van der Waals surface area contributed by atoms with Gasteiger partial charge >= 0.3 is 0 Å². The first-order valence-electron chi connectivity index (χ1n) is 8.47. The summed E-state index contributed by atoms with van der Waals surface area (Å²) in [4.78, 5) is 5.00. The van der Waals surface area contributed by atoms with Gasteiger partial charge in [0.15, 0.2) is 0 Å². The smallest absolute Gasteiger partial charge is 0.0909 e. The molecule has 3 aromatic rings. The summed E-state index contributed by atoms with van der Waals surface area (Å²) in [6.07, 6.45) is 0. The van der Waals surface area contributed by atoms with Crippen LogP contribution in [0, 0.1) is 0 Å². The van der Waals surface area contributed by atoms with E-state index in [1.54, 1.807) is 0 Å². The molecule has 3 aromatic carbocycles. The van der Waals surface area contributed by atoms with E-state index in [2.05, 4.69) is 37.4 Å². The lowest BCUT2D eigenvalue weighted by Crippen LogP contribution is -2.26. The summed E-state index contributed by atoms with van der Waals surface area (Å²) in [7, 11) is 0. The van der Waals surface area contributed by atoms with E-state index in [0.717, 1.165) is 22.6 Å². The van der Waals surface area contributed by atoms with Crippen LogP contribution in [0.1, 0.15) is 25.0 Å². The molecule has 0 spiro atoms. The first kappa shape index (κ1) is 17.1. The van der Waals surface area contributed by atoms with Crippen LogP contribution in [0.2, 0.25) is 10.0 Å². The van der Waals surface area contributed by atoms with Crippen molar-refractivity contribution in [2.24, 2.45) is 4.99 Å². The maximum Gasteiger partial charge on any atom is 0.0909 e.